The summed E-state index contributed by atoms with van der Waals surface area (Å²) in [5.74, 6) is -1.37. The van der Waals surface area contributed by atoms with E-state index in [2.05, 4.69) is 19.1 Å². The van der Waals surface area contributed by atoms with Crippen LogP contribution in [0.3, 0.4) is 0 Å². The first kappa shape index (κ1) is 13.7. The molecule has 0 radical (unpaired) electrons. The van der Waals surface area contributed by atoms with Gasteiger partial charge in [-0.05, 0) is 47.6 Å². The van der Waals surface area contributed by atoms with Crippen LogP contribution in [0.25, 0.3) is 11.1 Å². The quantitative estimate of drug-likeness (QED) is 0.680. The molecular weight excluding hydrogens is 278 g/mol. The third kappa shape index (κ3) is 2.09. The number of allylic oxidation sites excluding steroid dienone is 2. The first-order valence-corrected chi connectivity index (χ1v) is 7.91. The van der Waals surface area contributed by atoms with Gasteiger partial charge in [-0.2, -0.15) is 0 Å². The molecule has 0 amide bonds. The second kappa shape index (κ2) is 4.77. The summed E-state index contributed by atoms with van der Waals surface area (Å²) >= 11 is 0. The van der Waals surface area contributed by atoms with Crippen LogP contribution >= 0.6 is 0 Å². The van der Waals surface area contributed by atoms with Crippen molar-refractivity contribution in [3.05, 3.63) is 70.8 Å². The van der Waals surface area contributed by atoms with E-state index in [0.717, 1.165) is 30.4 Å². The van der Waals surface area contributed by atoms with Crippen molar-refractivity contribution < 1.29 is 8.78 Å². The van der Waals surface area contributed by atoms with Gasteiger partial charge >= 0.3 is 0 Å². The number of benzene rings is 2. The zero-order valence-corrected chi connectivity index (χ0v) is 12.6. The largest absolute Gasteiger partial charge is 0.203 e. The molecule has 0 fully saturated rings. The zero-order valence-electron chi connectivity index (χ0n) is 12.6. The van der Waals surface area contributed by atoms with E-state index in [4.69, 9.17) is 0 Å². The summed E-state index contributed by atoms with van der Waals surface area (Å²) in [7, 11) is 0. The molecule has 0 N–H and O–H groups in total. The molecule has 0 atom stereocenters. The van der Waals surface area contributed by atoms with Gasteiger partial charge in [0.05, 0.1) is 0 Å². The highest BCUT2D eigenvalue weighted by Crippen LogP contribution is 2.49. The van der Waals surface area contributed by atoms with Gasteiger partial charge in [0.1, 0.15) is 0 Å². The number of halogens is 2. The highest BCUT2D eigenvalue weighted by atomic mass is 19.2. The SMILES string of the molecule is CCCc1ccc(-c2cc3c(c(F)c2F)CC2(C=C2)C3)cc1. The Morgan fingerprint density at radius 3 is 2.36 bits per heavy atom. The summed E-state index contributed by atoms with van der Waals surface area (Å²) in [6.07, 6.45) is 7.71. The van der Waals surface area contributed by atoms with Crippen LogP contribution in [0.4, 0.5) is 8.78 Å². The maximum absolute atomic E-state index is 14.5. The number of hydrogen-bond donors (Lipinski definition) is 0. The molecule has 112 valence electrons. The molecular formula is C20H18F2. The van der Waals surface area contributed by atoms with Crippen molar-refractivity contribution in [1.29, 1.82) is 0 Å². The van der Waals surface area contributed by atoms with E-state index in [1.54, 1.807) is 0 Å². The summed E-state index contributed by atoms with van der Waals surface area (Å²) in [5, 5.41) is 0. The topological polar surface area (TPSA) is 0 Å². The van der Waals surface area contributed by atoms with Crippen molar-refractivity contribution >= 4 is 0 Å². The predicted octanol–water partition coefficient (Wildman–Crippen LogP) is 5.24. The zero-order chi connectivity index (χ0) is 15.3. The Morgan fingerprint density at radius 1 is 1.00 bits per heavy atom. The number of fused-ring (bicyclic) bond motifs is 1. The van der Waals surface area contributed by atoms with Crippen molar-refractivity contribution in [2.24, 2.45) is 5.41 Å². The molecule has 2 heteroatoms. The fraction of sp³-hybridized carbons (Fsp3) is 0.300. The van der Waals surface area contributed by atoms with Gasteiger partial charge in [-0.1, -0.05) is 49.8 Å². The molecule has 2 aliphatic rings. The van der Waals surface area contributed by atoms with E-state index >= 15 is 0 Å². The van der Waals surface area contributed by atoms with E-state index in [1.165, 1.54) is 5.56 Å². The standard InChI is InChI=1S/C20H18F2/c1-2-3-13-4-6-14(7-5-13)16-10-15-11-20(8-9-20)12-17(15)19(22)18(16)21/h4-10H,2-3,11-12H2,1H3. The van der Waals surface area contributed by atoms with Crippen LogP contribution in [0.1, 0.15) is 30.0 Å². The highest BCUT2D eigenvalue weighted by Gasteiger charge is 2.42. The van der Waals surface area contributed by atoms with E-state index in [1.807, 2.05) is 30.3 Å². The van der Waals surface area contributed by atoms with E-state index in [0.29, 0.717) is 17.5 Å². The molecule has 0 unspecified atom stereocenters. The van der Waals surface area contributed by atoms with Crippen LogP contribution in [0, 0.1) is 17.0 Å². The molecule has 0 saturated carbocycles. The van der Waals surface area contributed by atoms with Gasteiger partial charge < -0.3 is 0 Å². The summed E-state index contributed by atoms with van der Waals surface area (Å²) in [4.78, 5) is 0. The minimum Gasteiger partial charge on any atom is -0.203 e. The molecule has 22 heavy (non-hydrogen) atoms. The minimum atomic E-state index is -0.709. The molecule has 0 aliphatic heterocycles. The number of rotatable bonds is 3. The molecule has 0 nitrogen and oxygen atoms in total. The maximum atomic E-state index is 14.5. The predicted molar refractivity (Wildman–Crippen MR) is 84.8 cm³/mol. The average Bonchev–Trinajstić information content (AvgIpc) is 3.16. The lowest BCUT2D eigenvalue weighted by Gasteiger charge is -2.10. The Kier molecular flexibility index (Phi) is 2.97. The average molecular weight is 296 g/mol. The van der Waals surface area contributed by atoms with Crippen LogP contribution in [0.15, 0.2) is 42.5 Å². The van der Waals surface area contributed by atoms with Crippen molar-refractivity contribution in [1.82, 2.24) is 0 Å². The lowest BCUT2D eigenvalue weighted by Crippen LogP contribution is -2.00. The lowest BCUT2D eigenvalue weighted by atomic mass is 9.97. The van der Waals surface area contributed by atoms with Gasteiger partial charge in [-0.3, -0.25) is 0 Å². The summed E-state index contributed by atoms with van der Waals surface area (Å²) < 4.78 is 28.9. The Balaban J connectivity index is 1.75. The summed E-state index contributed by atoms with van der Waals surface area (Å²) in [6, 6.07) is 9.66. The lowest BCUT2D eigenvalue weighted by molar-refractivity contribution is 0.498. The van der Waals surface area contributed by atoms with Gasteiger partial charge in [0.2, 0.25) is 0 Å². The van der Waals surface area contributed by atoms with Crippen LogP contribution in [-0.2, 0) is 19.3 Å². The monoisotopic (exact) mass is 296 g/mol. The normalized spacial score (nSPS) is 17.0. The molecule has 0 aromatic heterocycles. The molecule has 0 bridgehead atoms. The number of hydrogen-bond acceptors (Lipinski definition) is 0. The minimum absolute atomic E-state index is 0.0131. The first-order chi connectivity index (χ1) is 10.6. The van der Waals surface area contributed by atoms with E-state index in [9.17, 15) is 8.78 Å². The molecule has 4 rings (SSSR count). The van der Waals surface area contributed by atoms with Gasteiger partial charge in [0, 0.05) is 11.0 Å². The van der Waals surface area contributed by atoms with Crippen molar-refractivity contribution in [2.75, 3.05) is 0 Å². The third-order valence-electron chi connectivity index (χ3n) is 4.87. The summed E-state index contributed by atoms with van der Waals surface area (Å²) in [6.45, 7) is 2.13. The highest BCUT2D eigenvalue weighted by molar-refractivity contribution is 5.67. The Hall–Kier alpha value is -1.96. The van der Waals surface area contributed by atoms with Gasteiger partial charge in [0.15, 0.2) is 11.6 Å². The second-order valence-electron chi connectivity index (χ2n) is 6.56. The molecule has 1 spiro atoms. The molecule has 2 aromatic carbocycles. The Morgan fingerprint density at radius 2 is 1.73 bits per heavy atom. The van der Waals surface area contributed by atoms with Crippen molar-refractivity contribution in [3.8, 4) is 11.1 Å². The van der Waals surface area contributed by atoms with Crippen LogP contribution in [0.2, 0.25) is 0 Å². The van der Waals surface area contributed by atoms with Crippen molar-refractivity contribution in [2.45, 2.75) is 32.6 Å². The fourth-order valence-corrected chi connectivity index (χ4v) is 3.51. The Bertz CT molecular complexity index is 763. The molecule has 0 saturated heterocycles. The Labute approximate surface area is 129 Å². The van der Waals surface area contributed by atoms with E-state index < -0.39 is 11.6 Å². The summed E-state index contributed by atoms with van der Waals surface area (Å²) in [5.41, 5.74) is 3.90. The molecule has 0 heterocycles. The smallest absolute Gasteiger partial charge is 0.166 e. The van der Waals surface area contributed by atoms with Gasteiger partial charge in [0.25, 0.3) is 0 Å². The first-order valence-electron chi connectivity index (χ1n) is 7.91. The van der Waals surface area contributed by atoms with E-state index in [-0.39, 0.29) is 5.41 Å². The second-order valence-corrected chi connectivity index (χ2v) is 6.56. The molecule has 2 aromatic rings. The number of aryl methyl sites for hydroxylation is 1. The van der Waals surface area contributed by atoms with Gasteiger partial charge in [-0.15, -0.1) is 0 Å². The fourth-order valence-electron chi connectivity index (χ4n) is 3.51. The third-order valence-corrected chi connectivity index (χ3v) is 4.87. The van der Waals surface area contributed by atoms with Crippen LogP contribution in [0.5, 0.6) is 0 Å². The van der Waals surface area contributed by atoms with Crippen LogP contribution in [-0.4, -0.2) is 0 Å². The molecule has 2 aliphatic carbocycles. The van der Waals surface area contributed by atoms with Gasteiger partial charge in [-0.25, -0.2) is 8.78 Å². The van der Waals surface area contributed by atoms with Crippen molar-refractivity contribution in [3.63, 3.8) is 0 Å². The maximum Gasteiger partial charge on any atom is 0.166 e. The van der Waals surface area contributed by atoms with Crippen LogP contribution < -0.4 is 0 Å².